The molecule has 1 rings (SSSR count). The van der Waals surface area contributed by atoms with Crippen molar-refractivity contribution in [2.75, 3.05) is 7.11 Å². The zero-order chi connectivity index (χ0) is 12.3. The molecule has 0 fully saturated rings. The van der Waals surface area contributed by atoms with E-state index in [1.54, 1.807) is 7.11 Å². The van der Waals surface area contributed by atoms with Crippen LogP contribution in [0.1, 0.15) is 30.4 Å². The molecule has 0 aromatic heterocycles. The molecule has 0 heterocycles. The Hall–Kier alpha value is -1.22. The van der Waals surface area contributed by atoms with Gasteiger partial charge in [-0.1, -0.05) is 24.6 Å². The molecule has 1 aromatic carbocycles. The van der Waals surface area contributed by atoms with Crippen molar-refractivity contribution in [3.63, 3.8) is 0 Å². The second kappa shape index (κ2) is 5.21. The summed E-state index contributed by atoms with van der Waals surface area (Å²) in [5, 5.41) is 9.38. The molecule has 1 atom stereocenters. The van der Waals surface area contributed by atoms with E-state index in [4.69, 9.17) is 21.4 Å². The van der Waals surface area contributed by atoms with Gasteiger partial charge in [-0.2, -0.15) is 0 Å². The number of carboxylic acid groups (broad SMARTS) is 1. The number of halogens is 1. The molecule has 1 unspecified atom stereocenters. The summed E-state index contributed by atoms with van der Waals surface area (Å²) in [5.74, 6) is -0.365. The van der Waals surface area contributed by atoms with Gasteiger partial charge in [0.25, 0.3) is 0 Å². The maximum atomic E-state index is 10.7. The SMILES string of the molecule is COc1ccc(C)c(Cl)c1C(C)CC(=O)O. The maximum Gasteiger partial charge on any atom is 0.303 e. The highest BCUT2D eigenvalue weighted by Gasteiger charge is 2.19. The topological polar surface area (TPSA) is 46.5 Å². The van der Waals surface area contributed by atoms with E-state index < -0.39 is 5.97 Å². The molecule has 0 spiro atoms. The minimum absolute atomic E-state index is 0.0412. The largest absolute Gasteiger partial charge is 0.496 e. The highest BCUT2D eigenvalue weighted by Crippen LogP contribution is 2.36. The summed E-state index contributed by atoms with van der Waals surface area (Å²) >= 11 is 6.18. The van der Waals surface area contributed by atoms with E-state index in [0.717, 1.165) is 11.1 Å². The molecule has 0 aliphatic heterocycles. The summed E-state index contributed by atoms with van der Waals surface area (Å²) in [6, 6.07) is 3.67. The van der Waals surface area contributed by atoms with Crippen LogP contribution in [0.3, 0.4) is 0 Å². The second-order valence-corrected chi connectivity index (χ2v) is 4.19. The van der Waals surface area contributed by atoms with Gasteiger partial charge in [-0.3, -0.25) is 4.79 Å². The molecule has 0 bridgehead atoms. The van der Waals surface area contributed by atoms with Crippen LogP contribution in [0.5, 0.6) is 5.75 Å². The van der Waals surface area contributed by atoms with Gasteiger partial charge in [0, 0.05) is 5.56 Å². The van der Waals surface area contributed by atoms with Crippen molar-refractivity contribution < 1.29 is 14.6 Å². The Kier molecular flexibility index (Phi) is 4.19. The number of methoxy groups -OCH3 is 1. The first-order chi connectivity index (χ1) is 7.47. The average molecular weight is 243 g/mol. The van der Waals surface area contributed by atoms with Crippen molar-refractivity contribution in [1.82, 2.24) is 0 Å². The van der Waals surface area contributed by atoms with Crippen LogP contribution in [-0.2, 0) is 4.79 Å². The molecule has 1 aromatic rings. The summed E-state index contributed by atoms with van der Waals surface area (Å²) in [7, 11) is 1.55. The van der Waals surface area contributed by atoms with Gasteiger partial charge < -0.3 is 9.84 Å². The van der Waals surface area contributed by atoms with Crippen LogP contribution in [0.25, 0.3) is 0 Å². The number of aryl methyl sites for hydroxylation is 1. The molecule has 0 radical (unpaired) electrons. The molecule has 4 heteroatoms. The van der Waals surface area contributed by atoms with E-state index in [-0.39, 0.29) is 12.3 Å². The van der Waals surface area contributed by atoms with Crippen LogP contribution in [0, 0.1) is 6.92 Å². The van der Waals surface area contributed by atoms with Crippen molar-refractivity contribution in [1.29, 1.82) is 0 Å². The molecule has 0 saturated carbocycles. The van der Waals surface area contributed by atoms with Gasteiger partial charge in [0.2, 0.25) is 0 Å². The van der Waals surface area contributed by atoms with Gasteiger partial charge in [0.05, 0.1) is 18.6 Å². The van der Waals surface area contributed by atoms with Gasteiger partial charge in [-0.05, 0) is 24.5 Å². The molecule has 0 aliphatic rings. The zero-order valence-corrected chi connectivity index (χ0v) is 10.3. The van der Waals surface area contributed by atoms with Crippen LogP contribution in [0.4, 0.5) is 0 Å². The fourth-order valence-corrected chi connectivity index (χ4v) is 2.03. The standard InChI is InChI=1S/C12H15ClO3/c1-7-4-5-9(16-3)11(12(7)13)8(2)6-10(14)15/h4-5,8H,6H2,1-3H3,(H,14,15). The number of carbonyl (C=O) groups is 1. The average Bonchev–Trinajstić information content (AvgIpc) is 2.20. The molecule has 1 N–H and O–H groups in total. The first-order valence-electron chi connectivity index (χ1n) is 5.02. The third kappa shape index (κ3) is 2.67. The van der Waals surface area contributed by atoms with E-state index in [2.05, 4.69) is 0 Å². The number of carboxylic acids is 1. The normalized spacial score (nSPS) is 12.2. The minimum atomic E-state index is -0.841. The van der Waals surface area contributed by atoms with Crippen LogP contribution < -0.4 is 4.74 Å². The number of hydrogen-bond donors (Lipinski definition) is 1. The van der Waals surface area contributed by atoms with Gasteiger partial charge in [0.1, 0.15) is 5.75 Å². The van der Waals surface area contributed by atoms with Crippen molar-refractivity contribution in [2.24, 2.45) is 0 Å². The Bertz CT molecular complexity index is 401. The highest BCUT2D eigenvalue weighted by molar-refractivity contribution is 6.32. The monoisotopic (exact) mass is 242 g/mol. The number of rotatable bonds is 4. The van der Waals surface area contributed by atoms with E-state index in [0.29, 0.717) is 10.8 Å². The van der Waals surface area contributed by atoms with E-state index >= 15 is 0 Å². The molecule has 88 valence electrons. The van der Waals surface area contributed by atoms with Crippen molar-refractivity contribution in [2.45, 2.75) is 26.2 Å². The minimum Gasteiger partial charge on any atom is -0.496 e. The quantitative estimate of drug-likeness (QED) is 0.882. The molecule has 16 heavy (non-hydrogen) atoms. The smallest absolute Gasteiger partial charge is 0.303 e. The summed E-state index contributed by atoms with van der Waals surface area (Å²) < 4.78 is 5.21. The number of ether oxygens (including phenoxy) is 1. The van der Waals surface area contributed by atoms with Gasteiger partial charge in [-0.25, -0.2) is 0 Å². The fraction of sp³-hybridized carbons (Fsp3) is 0.417. The van der Waals surface area contributed by atoms with E-state index in [1.165, 1.54) is 0 Å². The number of aliphatic carboxylic acids is 1. The lowest BCUT2D eigenvalue weighted by molar-refractivity contribution is -0.137. The van der Waals surface area contributed by atoms with Crippen LogP contribution in [0.2, 0.25) is 5.02 Å². The van der Waals surface area contributed by atoms with Crippen molar-refractivity contribution in [3.05, 3.63) is 28.3 Å². The Morgan fingerprint density at radius 1 is 1.56 bits per heavy atom. The first kappa shape index (κ1) is 12.8. The molecular formula is C12H15ClO3. The fourth-order valence-electron chi connectivity index (χ4n) is 1.69. The molecular weight excluding hydrogens is 228 g/mol. The lowest BCUT2D eigenvalue weighted by Gasteiger charge is -2.17. The van der Waals surface area contributed by atoms with E-state index in [1.807, 2.05) is 26.0 Å². The Labute approximate surface area is 100.0 Å². The predicted octanol–water partition coefficient (Wildman–Crippen LogP) is 3.24. The number of hydrogen-bond acceptors (Lipinski definition) is 2. The Morgan fingerprint density at radius 2 is 2.19 bits per heavy atom. The van der Waals surface area contributed by atoms with Crippen LogP contribution in [0.15, 0.2) is 12.1 Å². The predicted molar refractivity (Wildman–Crippen MR) is 63.4 cm³/mol. The Balaban J connectivity index is 3.18. The summed E-state index contributed by atoms with van der Waals surface area (Å²) in [6.45, 7) is 3.72. The molecule has 0 saturated heterocycles. The van der Waals surface area contributed by atoms with Crippen LogP contribution in [-0.4, -0.2) is 18.2 Å². The zero-order valence-electron chi connectivity index (χ0n) is 9.58. The Morgan fingerprint density at radius 3 is 2.69 bits per heavy atom. The van der Waals surface area contributed by atoms with Gasteiger partial charge in [0.15, 0.2) is 0 Å². The maximum absolute atomic E-state index is 10.7. The first-order valence-corrected chi connectivity index (χ1v) is 5.40. The van der Waals surface area contributed by atoms with Crippen molar-refractivity contribution >= 4 is 17.6 Å². The third-order valence-corrected chi connectivity index (χ3v) is 3.03. The van der Waals surface area contributed by atoms with Crippen molar-refractivity contribution in [3.8, 4) is 5.75 Å². The molecule has 0 amide bonds. The van der Waals surface area contributed by atoms with Gasteiger partial charge >= 0.3 is 5.97 Å². The lowest BCUT2D eigenvalue weighted by atomic mass is 9.95. The summed E-state index contributed by atoms with van der Waals surface area (Å²) in [5.41, 5.74) is 1.70. The second-order valence-electron chi connectivity index (χ2n) is 3.81. The summed E-state index contributed by atoms with van der Waals surface area (Å²) in [6.07, 6.45) is 0.0412. The molecule has 3 nitrogen and oxygen atoms in total. The van der Waals surface area contributed by atoms with Crippen LogP contribution >= 0.6 is 11.6 Å². The molecule has 0 aliphatic carbocycles. The summed E-state index contributed by atoms with van der Waals surface area (Å²) in [4.78, 5) is 10.7. The lowest BCUT2D eigenvalue weighted by Crippen LogP contribution is -2.06. The number of benzene rings is 1. The highest BCUT2D eigenvalue weighted by atomic mass is 35.5. The third-order valence-electron chi connectivity index (χ3n) is 2.53. The van der Waals surface area contributed by atoms with E-state index in [9.17, 15) is 4.79 Å². The van der Waals surface area contributed by atoms with Gasteiger partial charge in [-0.15, -0.1) is 0 Å².